The van der Waals surface area contributed by atoms with E-state index < -0.39 is 10.1 Å². The van der Waals surface area contributed by atoms with Gasteiger partial charge in [0.1, 0.15) is 4.90 Å². The molecule has 0 aromatic heterocycles. The predicted molar refractivity (Wildman–Crippen MR) is 96.0 cm³/mol. The van der Waals surface area contributed by atoms with Gasteiger partial charge in [-0.3, -0.25) is 4.55 Å². The summed E-state index contributed by atoms with van der Waals surface area (Å²) in [5.74, 6) is 0.451. The first-order valence-corrected chi connectivity index (χ1v) is 9.57. The summed E-state index contributed by atoms with van der Waals surface area (Å²) in [6.07, 6.45) is 0. The monoisotopic (exact) mass is 334 g/mol. The van der Waals surface area contributed by atoms with Crippen molar-refractivity contribution in [3.8, 4) is 0 Å². The molecule has 2 aromatic carbocycles. The zero-order chi connectivity index (χ0) is 17.5. The summed E-state index contributed by atoms with van der Waals surface area (Å²) in [4.78, 5) is 0.0798. The van der Waals surface area contributed by atoms with Crippen LogP contribution in [0.15, 0.2) is 29.2 Å². The van der Waals surface area contributed by atoms with E-state index in [2.05, 4.69) is 27.7 Å². The lowest BCUT2D eigenvalue weighted by molar-refractivity contribution is 0.482. The lowest BCUT2D eigenvalue weighted by Crippen LogP contribution is -2.13. The molecular weight excluding hydrogens is 308 g/mol. The zero-order valence-corrected chi connectivity index (χ0v) is 15.5. The molecule has 0 aliphatic rings. The third-order valence-electron chi connectivity index (χ3n) is 4.28. The van der Waals surface area contributed by atoms with Crippen LogP contribution in [0.25, 0.3) is 10.8 Å². The molecule has 126 valence electrons. The van der Waals surface area contributed by atoms with Gasteiger partial charge in [0.15, 0.2) is 0 Å². The van der Waals surface area contributed by atoms with E-state index in [4.69, 9.17) is 0 Å². The Kier molecular flexibility index (Phi) is 4.88. The van der Waals surface area contributed by atoms with Gasteiger partial charge in [0, 0.05) is 5.39 Å². The average molecular weight is 334 g/mol. The minimum Gasteiger partial charge on any atom is -0.282 e. The van der Waals surface area contributed by atoms with Crippen molar-refractivity contribution in [2.75, 3.05) is 0 Å². The van der Waals surface area contributed by atoms with Crippen molar-refractivity contribution in [3.63, 3.8) is 0 Å². The molecule has 2 rings (SSSR count). The normalized spacial score (nSPS) is 12.8. The largest absolute Gasteiger partial charge is 0.295 e. The van der Waals surface area contributed by atoms with E-state index in [1.54, 1.807) is 6.07 Å². The van der Waals surface area contributed by atoms with Crippen LogP contribution in [0.1, 0.15) is 76.0 Å². The number of hydrogen-bond acceptors (Lipinski definition) is 2. The summed E-state index contributed by atoms with van der Waals surface area (Å²) in [7, 11) is -4.30. The topological polar surface area (TPSA) is 54.4 Å². The second-order valence-corrected chi connectivity index (χ2v) is 8.41. The van der Waals surface area contributed by atoms with Crippen LogP contribution in [0.4, 0.5) is 0 Å². The minimum atomic E-state index is -4.30. The van der Waals surface area contributed by atoms with Crippen LogP contribution in [-0.4, -0.2) is 13.0 Å². The quantitative estimate of drug-likeness (QED) is 0.756. The van der Waals surface area contributed by atoms with E-state index in [0.717, 1.165) is 16.5 Å². The maximum atomic E-state index is 12.2. The van der Waals surface area contributed by atoms with Crippen LogP contribution in [0, 0.1) is 0 Å². The van der Waals surface area contributed by atoms with Gasteiger partial charge in [-0.2, -0.15) is 8.42 Å². The van der Waals surface area contributed by atoms with Crippen molar-refractivity contribution >= 4 is 20.9 Å². The van der Waals surface area contributed by atoms with E-state index in [9.17, 15) is 13.0 Å². The highest BCUT2D eigenvalue weighted by Crippen LogP contribution is 2.43. The van der Waals surface area contributed by atoms with E-state index in [-0.39, 0.29) is 22.6 Å². The SMILES string of the molecule is CC(C)c1c(C(C)C)c(S(=O)(=O)O)c2ccccc2c1C(C)C. The van der Waals surface area contributed by atoms with Gasteiger partial charge >= 0.3 is 0 Å². The van der Waals surface area contributed by atoms with Gasteiger partial charge in [0.25, 0.3) is 10.1 Å². The summed E-state index contributed by atoms with van der Waals surface area (Å²) in [5, 5.41) is 1.54. The number of hydrogen-bond donors (Lipinski definition) is 1. The first-order chi connectivity index (χ1) is 10.6. The molecule has 0 aliphatic carbocycles. The lowest BCUT2D eigenvalue weighted by atomic mass is 9.80. The van der Waals surface area contributed by atoms with Crippen molar-refractivity contribution < 1.29 is 13.0 Å². The van der Waals surface area contributed by atoms with E-state index >= 15 is 0 Å². The third-order valence-corrected chi connectivity index (χ3v) is 5.23. The van der Waals surface area contributed by atoms with Gasteiger partial charge in [-0.1, -0.05) is 65.8 Å². The molecule has 0 amide bonds. The summed E-state index contributed by atoms with van der Waals surface area (Å²) in [6.45, 7) is 12.4. The molecular formula is C19H26O3S. The van der Waals surface area contributed by atoms with Crippen LogP contribution >= 0.6 is 0 Å². The Bertz CT molecular complexity index is 831. The Balaban J connectivity index is 3.23. The minimum absolute atomic E-state index is 0.00595. The summed E-state index contributed by atoms with van der Waals surface area (Å²) in [6, 6.07) is 7.48. The molecule has 23 heavy (non-hydrogen) atoms. The molecule has 0 saturated heterocycles. The van der Waals surface area contributed by atoms with Gasteiger partial charge in [0.05, 0.1) is 0 Å². The lowest BCUT2D eigenvalue weighted by Gasteiger charge is -2.27. The Morgan fingerprint density at radius 1 is 0.739 bits per heavy atom. The Hall–Kier alpha value is -1.39. The molecule has 0 bridgehead atoms. The fourth-order valence-electron chi connectivity index (χ4n) is 3.57. The highest BCUT2D eigenvalue weighted by Gasteiger charge is 2.29. The average Bonchev–Trinajstić information content (AvgIpc) is 2.42. The first-order valence-electron chi connectivity index (χ1n) is 8.13. The van der Waals surface area contributed by atoms with Crippen LogP contribution in [0.5, 0.6) is 0 Å². The molecule has 0 fully saturated rings. The second-order valence-electron chi connectivity index (χ2n) is 7.05. The predicted octanol–water partition coefficient (Wildman–Crippen LogP) is 5.46. The molecule has 0 heterocycles. The van der Waals surface area contributed by atoms with E-state index in [0.29, 0.717) is 5.39 Å². The zero-order valence-electron chi connectivity index (χ0n) is 14.7. The van der Waals surface area contributed by atoms with E-state index in [1.165, 1.54) is 5.56 Å². The fourth-order valence-corrected chi connectivity index (χ4v) is 4.65. The highest BCUT2D eigenvalue weighted by molar-refractivity contribution is 7.86. The molecule has 0 saturated carbocycles. The Morgan fingerprint density at radius 2 is 1.17 bits per heavy atom. The van der Waals surface area contributed by atoms with Gasteiger partial charge in [-0.05, 0) is 39.8 Å². The summed E-state index contributed by atoms with van der Waals surface area (Å²) >= 11 is 0. The second kappa shape index (κ2) is 6.25. The van der Waals surface area contributed by atoms with Gasteiger partial charge < -0.3 is 0 Å². The summed E-state index contributed by atoms with van der Waals surface area (Å²) < 4.78 is 34.3. The summed E-state index contributed by atoms with van der Waals surface area (Å²) in [5.41, 5.74) is 3.00. The fraction of sp³-hybridized carbons (Fsp3) is 0.474. The number of fused-ring (bicyclic) bond motifs is 1. The van der Waals surface area contributed by atoms with Crippen LogP contribution in [0.2, 0.25) is 0 Å². The molecule has 0 unspecified atom stereocenters. The van der Waals surface area contributed by atoms with Crippen molar-refractivity contribution in [2.45, 2.75) is 64.2 Å². The van der Waals surface area contributed by atoms with Crippen LogP contribution in [0.3, 0.4) is 0 Å². The molecule has 4 heteroatoms. The van der Waals surface area contributed by atoms with Crippen molar-refractivity contribution in [3.05, 3.63) is 41.0 Å². The maximum Gasteiger partial charge on any atom is 0.295 e. The molecule has 0 atom stereocenters. The van der Waals surface area contributed by atoms with Crippen molar-refractivity contribution in [1.29, 1.82) is 0 Å². The van der Waals surface area contributed by atoms with Crippen molar-refractivity contribution in [1.82, 2.24) is 0 Å². The highest BCUT2D eigenvalue weighted by atomic mass is 32.2. The molecule has 1 N–H and O–H groups in total. The molecule has 0 spiro atoms. The molecule has 2 aromatic rings. The Labute approximate surface area is 139 Å². The van der Waals surface area contributed by atoms with Gasteiger partial charge in [-0.15, -0.1) is 0 Å². The Morgan fingerprint density at radius 3 is 1.57 bits per heavy atom. The van der Waals surface area contributed by atoms with E-state index in [1.807, 2.05) is 32.0 Å². The molecule has 3 nitrogen and oxygen atoms in total. The third kappa shape index (κ3) is 3.15. The maximum absolute atomic E-state index is 12.2. The first kappa shape index (κ1) is 18.0. The van der Waals surface area contributed by atoms with Crippen LogP contribution in [-0.2, 0) is 10.1 Å². The smallest absolute Gasteiger partial charge is 0.282 e. The molecule has 0 aliphatic heterocycles. The van der Waals surface area contributed by atoms with Crippen LogP contribution < -0.4 is 0 Å². The molecule has 0 radical (unpaired) electrons. The standard InChI is InChI=1S/C19H26O3S/c1-11(2)16-14-9-7-8-10-15(14)19(23(20,21)22)18(13(5)6)17(16)12(3)4/h7-13H,1-6H3,(H,20,21,22). The van der Waals surface area contributed by atoms with Gasteiger partial charge in [0.2, 0.25) is 0 Å². The number of benzene rings is 2. The van der Waals surface area contributed by atoms with Crippen molar-refractivity contribution in [2.24, 2.45) is 0 Å². The van der Waals surface area contributed by atoms with Gasteiger partial charge in [-0.25, -0.2) is 0 Å². The number of rotatable bonds is 4.